The van der Waals surface area contributed by atoms with Crippen LogP contribution in [0.1, 0.15) is 42.2 Å². The van der Waals surface area contributed by atoms with Gasteiger partial charge in [-0.1, -0.05) is 0 Å². The summed E-state index contributed by atoms with van der Waals surface area (Å²) >= 11 is 3.17. The van der Waals surface area contributed by atoms with Gasteiger partial charge < -0.3 is 42.4 Å². The number of esters is 2. The van der Waals surface area contributed by atoms with Crippen molar-refractivity contribution in [3.05, 3.63) is 265 Å². The molecule has 0 atom stereocenters. The zero-order valence-corrected chi connectivity index (χ0v) is 56.6. The lowest BCUT2D eigenvalue weighted by Gasteiger charge is -2.09. The van der Waals surface area contributed by atoms with E-state index in [1.54, 1.807) is 155 Å². The zero-order valence-electron chi connectivity index (χ0n) is 55.0. The Morgan fingerprint density at radius 2 is 0.871 bits per heavy atom. The summed E-state index contributed by atoms with van der Waals surface area (Å²) in [5.74, 6) is 0.797. The maximum atomic E-state index is 11.8. The summed E-state index contributed by atoms with van der Waals surface area (Å²) < 4.78 is 16.7. The molecule has 0 aliphatic heterocycles. The number of carbonyl (C=O) groups excluding carboxylic acids is 2. The third-order valence-electron chi connectivity index (χ3n) is 13.5. The number of aryl methyl sites for hydroxylation is 4. The Kier molecular flexibility index (Phi) is 28.2. The lowest BCUT2D eigenvalue weighted by atomic mass is 10.2. The van der Waals surface area contributed by atoms with E-state index in [1.165, 1.54) is 45.0 Å². The van der Waals surface area contributed by atoms with Crippen LogP contribution in [0.3, 0.4) is 0 Å². The van der Waals surface area contributed by atoms with Crippen LogP contribution in [-0.4, -0.2) is 121 Å². The molecule has 31 heteroatoms. The number of aromatic carboxylic acids is 1. The molecule has 0 radical (unpaired) electrons. The van der Waals surface area contributed by atoms with E-state index in [1.807, 2.05) is 106 Å². The summed E-state index contributed by atoms with van der Waals surface area (Å²) in [6.07, 6.45) is 30.7. The van der Waals surface area contributed by atoms with Crippen LogP contribution in [0.5, 0.6) is 0 Å². The second-order valence-corrected chi connectivity index (χ2v) is 21.1. The van der Waals surface area contributed by atoms with Crippen LogP contribution in [0, 0.1) is 22.7 Å². The molecular weight excluding hydrogens is 1350 g/mol. The number of carboxylic acid groups (broad SMARTS) is 1. The van der Waals surface area contributed by atoms with Gasteiger partial charge in [-0.25, -0.2) is 14.4 Å². The highest BCUT2D eigenvalue weighted by Gasteiger charge is 2.16. The largest absolute Gasteiger partial charge is 0.478 e. The van der Waals surface area contributed by atoms with Gasteiger partial charge in [-0.15, -0.1) is 0 Å². The molecule has 508 valence electrons. The highest BCUT2D eigenvalue weighted by molar-refractivity contribution is 9.10. The molecule has 0 aliphatic carbocycles. The van der Waals surface area contributed by atoms with Gasteiger partial charge in [-0.2, -0.15) is 30.9 Å². The topological polar surface area (TPSA) is 427 Å². The van der Waals surface area contributed by atoms with Gasteiger partial charge in [0.15, 0.2) is 0 Å². The smallest absolute Gasteiger partial charge is 0.340 e. The fourth-order valence-corrected chi connectivity index (χ4v) is 8.85. The van der Waals surface area contributed by atoms with Crippen molar-refractivity contribution in [2.24, 2.45) is 33.9 Å². The van der Waals surface area contributed by atoms with Crippen LogP contribution >= 0.6 is 15.9 Å². The number of nitrogen functional groups attached to an aromatic ring is 2. The number of halogens is 1. The normalized spacial score (nSPS) is 10.0. The van der Waals surface area contributed by atoms with Gasteiger partial charge in [-0.3, -0.25) is 63.6 Å². The van der Waals surface area contributed by atoms with Gasteiger partial charge in [0.25, 0.3) is 0 Å². The van der Waals surface area contributed by atoms with Crippen molar-refractivity contribution in [2.75, 3.05) is 36.3 Å². The summed E-state index contributed by atoms with van der Waals surface area (Å²) in [5, 5.41) is 49.1. The van der Waals surface area contributed by atoms with Crippen LogP contribution in [0.2, 0.25) is 0 Å². The number of nitrogens with zero attached hydrogens (tertiary/aromatic N) is 19. The maximum absolute atomic E-state index is 11.8. The van der Waals surface area contributed by atoms with Gasteiger partial charge in [0.1, 0.15) is 23.3 Å². The lowest BCUT2D eigenvalue weighted by molar-refractivity contribution is 0.0591. The minimum atomic E-state index is -1.01. The Morgan fingerprint density at radius 1 is 0.485 bits per heavy atom. The number of rotatable bonds is 12. The van der Waals surface area contributed by atoms with Crippen molar-refractivity contribution in [2.45, 2.75) is 0 Å². The number of hydrogen-bond donors (Lipinski definition) is 6. The Morgan fingerprint density at radius 3 is 1.27 bits per heavy atom. The quantitative estimate of drug-likeness (QED) is 0.0489. The molecule has 9 N–H and O–H groups in total. The maximum Gasteiger partial charge on any atom is 0.340 e. The van der Waals surface area contributed by atoms with Crippen molar-refractivity contribution in [3.8, 4) is 57.2 Å². The average Bonchev–Trinajstić information content (AvgIpc) is 1.73. The first-order valence-electron chi connectivity index (χ1n) is 29.7. The standard InChI is InChI=1S/C16H15N5O2.C15H13N5O2.2C9H10N4.C8H7N3.C7H6BrNO2.C6H4N2/c1-21-15(9-13(20-21)11-3-6-17-7-4-11)19-14-10-18-8-5-12(14)16(22)23-2;1-20-14(8-12(19-20)10-2-5-16-6-3-10)18-13-9-17-7-4-11(13)15(21)22;1-13-8(6-9(10)12-13)7-2-4-11-5-3-7;1-13-9(10)6-8(12-13)7-2-4-11-5-3-7;9-4-1-8(10)7-2-5-11-6-3-7;1-11-7(10)5-2-3-9-4-6(5)8;7-5-6-1-3-8-4-2-6/h3-10,19H,1-2H3;2-9,18H,1H3,(H,21,22);2-6H,1H3,(H2,10,12);2-6H,10H2,1H3;1-3,5-6H,10H2;2-4H,1H3;1-4H/b;;;;8-1-;;. The first-order valence-corrected chi connectivity index (χ1v) is 30.5. The molecule has 0 saturated carbocycles. The number of methoxy groups -OCH3 is 2. The van der Waals surface area contributed by atoms with Crippen molar-refractivity contribution in [1.82, 2.24) is 84.0 Å². The lowest BCUT2D eigenvalue weighted by Crippen LogP contribution is -2.07. The summed E-state index contributed by atoms with van der Waals surface area (Å²) in [6.45, 7) is 0. The van der Waals surface area contributed by atoms with Crippen LogP contribution < -0.4 is 27.8 Å². The number of allylic oxidation sites excluding steroid dienone is 1. The highest BCUT2D eigenvalue weighted by atomic mass is 79.9. The van der Waals surface area contributed by atoms with Gasteiger partial charge in [0, 0.05) is 191 Å². The molecule has 13 rings (SSSR count). The Bertz CT molecular complexity index is 4880. The summed E-state index contributed by atoms with van der Waals surface area (Å²) in [5.41, 5.74) is 28.2. The molecule has 0 aliphatic rings. The van der Waals surface area contributed by atoms with Crippen LogP contribution in [0.4, 0.5) is 34.6 Å². The van der Waals surface area contributed by atoms with E-state index in [0.717, 1.165) is 56.4 Å². The number of nitriles is 2. The number of ether oxygens (including phenoxy) is 2. The first kappa shape index (κ1) is 74.2. The summed E-state index contributed by atoms with van der Waals surface area (Å²) in [4.78, 5) is 69.2. The van der Waals surface area contributed by atoms with Crippen LogP contribution in [0.25, 0.3) is 50.7 Å². The molecule has 13 aromatic heterocycles. The number of nitrogens with one attached hydrogen (secondary N) is 2. The molecule has 13 aromatic rings. The first-order chi connectivity index (χ1) is 48.9. The van der Waals surface area contributed by atoms with E-state index in [2.05, 4.69) is 96.6 Å². The molecule has 0 saturated heterocycles. The van der Waals surface area contributed by atoms with Gasteiger partial charge in [-0.05, 0) is 107 Å². The zero-order chi connectivity index (χ0) is 72.5. The Balaban J connectivity index is 0.000000170. The molecule has 0 spiro atoms. The predicted octanol–water partition coefficient (Wildman–Crippen LogP) is 10.3. The highest BCUT2D eigenvalue weighted by Crippen LogP contribution is 2.28. The van der Waals surface area contributed by atoms with Gasteiger partial charge >= 0.3 is 17.9 Å². The molecular formula is C70H65BrN24O6. The number of nitrogens with two attached hydrogens (primary N) is 3. The monoisotopic (exact) mass is 1420 g/mol. The second-order valence-electron chi connectivity index (χ2n) is 20.2. The average molecular weight is 1420 g/mol. The van der Waals surface area contributed by atoms with Crippen molar-refractivity contribution in [3.63, 3.8) is 0 Å². The minimum absolute atomic E-state index is 0.154. The molecule has 101 heavy (non-hydrogen) atoms. The van der Waals surface area contributed by atoms with E-state index < -0.39 is 11.9 Å². The van der Waals surface area contributed by atoms with Gasteiger partial charge in [0.05, 0.1) is 99.6 Å². The number of carbonyl (C=O) groups is 3. The predicted molar refractivity (Wildman–Crippen MR) is 382 cm³/mol. The fraction of sp³-hybridized carbons (Fsp3) is 0.0857. The van der Waals surface area contributed by atoms with Crippen LogP contribution in [-0.2, 0) is 37.7 Å². The third-order valence-corrected chi connectivity index (χ3v) is 14.1. The number of anilines is 6. The Hall–Kier alpha value is -14.2. The Labute approximate surface area is 587 Å². The molecule has 0 amide bonds. The molecule has 0 bridgehead atoms. The van der Waals surface area contributed by atoms with E-state index in [9.17, 15) is 19.5 Å². The molecule has 0 unspecified atom stereocenters. The number of aromatic nitrogens is 17. The second kappa shape index (κ2) is 38.4. The third kappa shape index (κ3) is 22.5. The summed E-state index contributed by atoms with van der Waals surface area (Å²) in [6, 6.07) is 37.9. The number of pyridine rings is 9. The minimum Gasteiger partial charge on any atom is -0.478 e. The van der Waals surface area contributed by atoms with Crippen molar-refractivity contribution >= 4 is 74.2 Å². The van der Waals surface area contributed by atoms with Crippen molar-refractivity contribution in [1.29, 1.82) is 10.5 Å². The molecule has 13 heterocycles. The van der Waals surface area contributed by atoms with E-state index in [4.69, 9.17) is 32.5 Å². The molecule has 0 fully saturated rings. The summed E-state index contributed by atoms with van der Waals surface area (Å²) in [7, 11) is 9.98. The van der Waals surface area contributed by atoms with Crippen LogP contribution in [0.15, 0.2) is 237 Å². The fourth-order valence-electron chi connectivity index (χ4n) is 8.44. The molecule has 0 aromatic carbocycles. The number of hydrogen-bond acceptors (Lipinski definition) is 25. The number of carboxylic acids is 1. The van der Waals surface area contributed by atoms with E-state index >= 15 is 0 Å². The van der Waals surface area contributed by atoms with E-state index in [0.29, 0.717) is 55.7 Å². The molecule has 30 nitrogen and oxygen atoms in total. The van der Waals surface area contributed by atoms with Gasteiger partial charge in [0.2, 0.25) is 0 Å². The van der Waals surface area contributed by atoms with E-state index in [-0.39, 0.29) is 11.5 Å². The van der Waals surface area contributed by atoms with Crippen molar-refractivity contribution < 1.29 is 29.0 Å². The SMILES string of the molecule is COC(=O)c1ccncc1Br.COC(=O)c1ccncc1Nc1cc(-c2ccncc2)nn1C.Cn1nc(-c2ccncc2)cc1N.Cn1nc(-c2ccncc2)cc1Nc1cnccc1C(=O)O.Cn1nc(N)cc1-c1ccncc1.N#C/C=C(\N)c1ccncc1.N#Cc1ccncc1.